The maximum absolute atomic E-state index is 13.1. The van der Waals surface area contributed by atoms with E-state index in [2.05, 4.69) is 20.2 Å². The number of benzene rings is 2. The molecular weight excluding hydrogens is 540 g/mol. The number of likely N-dealkylation sites (tertiary alicyclic amines) is 2. The van der Waals surface area contributed by atoms with Gasteiger partial charge in [0.1, 0.15) is 0 Å². The lowest BCUT2D eigenvalue weighted by Crippen LogP contribution is -2.45. The molecule has 3 saturated heterocycles. The van der Waals surface area contributed by atoms with Gasteiger partial charge in [0.2, 0.25) is 16.0 Å². The van der Waals surface area contributed by atoms with E-state index in [4.69, 9.17) is 4.74 Å². The molecule has 11 heteroatoms. The third kappa shape index (κ3) is 6.28. The highest BCUT2D eigenvalue weighted by Crippen LogP contribution is 2.25. The van der Waals surface area contributed by atoms with Crippen LogP contribution in [0.4, 0.5) is 11.6 Å². The minimum atomic E-state index is -3.55. The van der Waals surface area contributed by atoms with Crippen LogP contribution >= 0.6 is 0 Å². The monoisotopic (exact) mass is 576 g/mol. The van der Waals surface area contributed by atoms with Gasteiger partial charge in [-0.15, -0.1) is 0 Å². The predicted molar refractivity (Wildman–Crippen MR) is 157 cm³/mol. The lowest BCUT2D eigenvalue weighted by molar-refractivity contribution is 0.0644. The zero-order valence-electron chi connectivity index (χ0n) is 23.1. The molecule has 41 heavy (non-hydrogen) atoms. The molecule has 4 heterocycles. The highest BCUT2D eigenvalue weighted by molar-refractivity contribution is 7.89. The van der Waals surface area contributed by atoms with Gasteiger partial charge < -0.3 is 19.9 Å². The summed E-state index contributed by atoms with van der Waals surface area (Å²) in [5, 5.41) is 3.21. The number of piperidine rings is 1. The average Bonchev–Trinajstić information content (AvgIpc) is 3.57. The molecule has 0 unspecified atom stereocenters. The minimum Gasteiger partial charge on any atom is -0.379 e. The Labute approximate surface area is 241 Å². The second-order valence-corrected chi connectivity index (χ2v) is 12.7. The lowest BCUT2D eigenvalue weighted by Gasteiger charge is -2.36. The van der Waals surface area contributed by atoms with Crippen LogP contribution in [0, 0.1) is 0 Å². The Morgan fingerprint density at radius 2 is 1.54 bits per heavy atom. The molecule has 0 bridgehead atoms. The summed E-state index contributed by atoms with van der Waals surface area (Å²) in [4.78, 5) is 26.9. The number of nitrogens with one attached hydrogen (secondary N) is 1. The van der Waals surface area contributed by atoms with Crippen molar-refractivity contribution in [1.82, 2.24) is 24.1 Å². The molecule has 0 radical (unpaired) electrons. The Balaban J connectivity index is 1.07. The predicted octanol–water partition coefficient (Wildman–Crippen LogP) is 3.61. The van der Waals surface area contributed by atoms with E-state index in [0.29, 0.717) is 49.6 Å². The molecule has 0 aliphatic carbocycles. The van der Waals surface area contributed by atoms with Crippen LogP contribution in [0.3, 0.4) is 0 Å². The standard InChI is InChI=1S/C30H36N6O4S/c37-29(35-17-12-26(13-18-35)34-15-1-2-16-34)24-3-7-25(8-4-24)32-30-31-14-11-28(33-30)23-5-9-27(10-6-23)41(38,39)36-19-21-40-22-20-36/h3-11,14,26H,1-2,12-13,15-22H2,(H,31,32,33). The van der Waals surface area contributed by atoms with Crippen molar-refractivity contribution in [3.05, 3.63) is 66.4 Å². The number of morpholine rings is 1. The van der Waals surface area contributed by atoms with Gasteiger partial charge in [-0.1, -0.05) is 12.1 Å². The molecule has 6 rings (SSSR count). The van der Waals surface area contributed by atoms with Gasteiger partial charge in [0.15, 0.2) is 0 Å². The number of ether oxygens (including phenoxy) is 1. The smallest absolute Gasteiger partial charge is 0.253 e. The number of amides is 1. The molecule has 1 N–H and O–H groups in total. The van der Waals surface area contributed by atoms with Gasteiger partial charge >= 0.3 is 0 Å². The van der Waals surface area contributed by atoms with Crippen molar-refractivity contribution in [2.75, 3.05) is 57.8 Å². The van der Waals surface area contributed by atoms with E-state index in [1.54, 1.807) is 36.5 Å². The van der Waals surface area contributed by atoms with Crippen LogP contribution in [0.5, 0.6) is 0 Å². The van der Waals surface area contributed by atoms with Gasteiger partial charge in [-0.2, -0.15) is 4.31 Å². The Morgan fingerprint density at radius 1 is 0.854 bits per heavy atom. The maximum atomic E-state index is 13.1. The van der Waals surface area contributed by atoms with E-state index < -0.39 is 10.0 Å². The Morgan fingerprint density at radius 3 is 2.22 bits per heavy atom. The molecule has 2 aromatic carbocycles. The number of anilines is 2. The number of carbonyl (C=O) groups is 1. The molecule has 0 saturated carbocycles. The Hall–Kier alpha value is -3.38. The number of carbonyl (C=O) groups excluding carboxylic acids is 1. The maximum Gasteiger partial charge on any atom is 0.253 e. The lowest BCUT2D eigenvalue weighted by atomic mass is 10.0. The third-order valence-corrected chi connectivity index (χ3v) is 10.1. The van der Waals surface area contributed by atoms with Gasteiger partial charge in [0.25, 0.3) is 5.91 Å². The van der Waals surface area contributed by atoms with Crippen molar-refractivity contribution in [3.8, 4) is 11.3 Å². The zero-order chi connectivity index (χ0) is 28.2. The highest BCUT2D eigenvalue weighted by atomic mass is 32.2. The van der Waals surface area contributed by atoms with Gasteiger partial charge in [0.05, 0.1) is 23.8 Å². The number of aromatic nitrogens is 2. The van der Waals surface area contributed by atoms with Crippen LogP contribution in [0.2, 0.25) is 0 Å². The van der Waals surface area contributed by atoms with Gasteiger partial charge in [0, 0.05) is 55.2 Å². The summed E-state index contributed by atoms with van der Waals surface area (Å²) in [5.74, 6) is 0.490. The van der Waals surface area contributed by atoms with E-state index in [1.807, 2.05) is 29.2 Å². The van der Waals surface area contributed by atoms with Crippen LogP contribution in [0.15, 0.2) is 65.7 Å². The molecule has 1 amide bonds. The molecule has 10 nitrogen and oxygen atoms in total. The molecule has 1 aromatic heterocycles. The topological polar surface area (TPSA) is 108 Å². The van der Waals surface area contributed by atoms with E-state index in [0.717, 1.165) is 37.2 Å². The number of rotatable bonds is 7. The van der Waals surface area contributed by atoms with Crippen LogP contribution in [-0.4, -0.2) is 96.9 Å². The second kappa shape index (κ2) is 12.2. The van der Waals surface area contributed by atoms with Gasteiger partial charge in [-0.3, -0.25) is 4.79 Å². The van der Waals surface area contributed by atoms with Crippen molar-refractivity contribution in [2.24, 2.45) is 0 Å². The third-order valence-electron chi connectivity index (χ3n) is 8.21. The summed E-state index contributed by atoms with van der Waals surface area (Å²) in [7, 11) is -3.55. The Kier molecular flexibility index (Phi) is 8.29. The first-order valence-corrected chi connectivity index (χ1v) is 15.8. The van der Waals surface area contributed by atoms with Crippen LogP contribution in [-0.2, 0) is 14.8 Å². The van der Waals surface area contributed by atoms with Gasteiger partial charge in [-0.05, 0) is 81.2 Å². The van der Waals surface area contributed by atoms with Gasteiger partial charge in [-0.25, -0.2) is 18.4 Å². The summed E-state index contributed by atoms with van der Waals surface area (Å²) in [6.07, 6.45) is 6.35. The fraction of sp³-hybridized carbons (Fsp3) is 0.433. The molecule has 3 fully saturated rings. The van der Waals surface area contributed by atoms with Crippen LogP contribution in [0.1, 0.15) is 36.0 Å². The fourth-order valence-corrected chi connectivity index (χ4v) is 7.27. The van der Waals surface area contributed by atoms with Crippen molar-refractivity contribution in [2.45, 2.75) is 36.6 Å². The van der Waals surface area contributed by atoms with E-state index in [1.165, 1.54) is 30.2 Å². The first-order valence-electron chi connectivity index (χ1n) is 14.4. The van der Waals surface area contributed by atoms with E-state index in [-0.39, 0.29) is 10.8 Å². The highest BCUT2D eigenvalue weighted by Gasteiger charge is 2.29. The molecule has 3 aromatic rings. The number of sulfonamides is 1. The summed E-state index contributed by atoms with van der Waals surface area (Å²) >= 11 is 0. The normalized spacial score (nSPS) is 19.4. The average molecular weight is 577 g/mol. The Bertz CT molecular complexity index is 1450. The summed E-state index contributed by atoms with van der Waals surface area (Å²) in [5.41, 5.74) is 2.91. The summed E-state index contributed by atoms with van der Waals surface area (Å²) in [6.45, 7) is 5.55. The number of nitrogens with zero attached hydrogens (tertiary/aromatic N) is 5. The van der Waals surface area contributed by atoms with Crippen molar-refractivity contribution >= 4 is 27.6 Å². The molecular formula is C30H36N6O4S. The molecule has 0 atom stereocenters. The molecule has 216 valence electrons. The largest absolute Gasteiger partial charge is 0.379 e. The van der Waals surface area contributed by atoms with E-state index >= 15 is 0 Å². The molecule has 0 spiro atoms. The van der Waals surface area contributed by atoms with Crippen LogP contribution in [0.25, 0.3) is 11.3 Å². The van der Waals surface area contributed by atoms with Crippen molar-refractivity contribution < 1.29 is 17.9 Å². The molecule has 3 aliphatic rings. The number of hydrogen-bond donors (Lipinski definition) is 1. The van der Waals surface area contributed by atoms with Crippen LogP contribution < -0.4 is 5.32 Å². The van der Waals surface area contributed by atoms with Crippen molar-refractivity contribution in [3.63, 3.8) is 0 Å². The fourth-order valence-electron chi connectivity index (χ4n) is 5.86. The van der Waals surface area contributed by atoms with Crippen molar-refractivity contribution in [1.29, 1.82) is 0 Å². The SMILES string of the molecule is O=C(c1ccc(Nc2nccc(-c3ccc(S(=O)(=O)N4CCOCC4)cc3)n2)cc1)N1CCC(N2CCCC2)CC1. The summed E-state index contributed by atoms with van der Waals surface area (Å²) in [6, 6.07) is 16.6. The first-order chi connectivity index (χ1) is 20.0. The minimum absolute atomic E-state index is 0.0775. The quantitative estimate of drug-likeness (QED) is 0.455. The zero-order valence-corrected chi connectivity index (χ0v) is 23.9. The van der Waals surface area contributed by atoms with E-state index in [9.17, 15) is 13.2 Å². The second-order valence-electron chi connectivity index (χ2n) is 10.8. The molecule has 3 aliphatic heterocycles. The first kappa shape index (κ1) is 27.8. The number of hydrogen-bond acceptors (Lipinski definition) is 8. The summed E-state index contributed by atoms with van der Waals surface area (Å²) < 4.78 is 32.6.